The first kappa shape index (κ1) is 32.3. The van der Waals surface area contributed by atoms with Gasteiger partial charge in [0.1, 0.15) is 10.7 Å². The molecule has 1 aliphatic heterocycles. The van der Waals surface area contributed by atoms with Crippen LogP contribution < -0.4 is 10.9 Å². The fourth-order valence-electron chi connectivity index (χ4n) is 5.63. The first-order chi connectivity index (χ1) is 21.4. The van der Waals surface area contributed by atoms with E-state index in [9.17, 15) is 22.8 Å². The monoisotopic (exact) mass is 635 g/mol. The fourth-order valence-corrected chi connectivity index (χ4v) is 6.46. The Labute approximate surface area is 264 Å². The lowest BCUT2D eigenvalue weighted by molar-refractivity contribution is -0.141. The smallest absolute Gasteiger partial charge is 0.336 e. The Balaban J connectivity index is 1.77. The largest absolute Gasteiger partial charge is 0.433 e. The normalized spacial score (nSPS) is 15.3. The Morgan fingerprint density at radius 2 is 1.84 bits per heavy atom. The lowest BCUT2D eigenvalue weighted by Crippen LogP contribution is -2.51. The van der Waals surface area contributed by atoms with Gasteiger partial charge in [-0.3, -0.25) is 19.1 Å². The SMILES string of the molecule is CCc1cccc(CC)c1-n1c(C=C(C)C)c(C(=O)N2CCN[C@H](C)C2)cc(-c2nc(-c3ccc(C(F)(F)F)nc3)cs2)c1=O. The first-order valence-electron chi connectivity index (χ1n) is 15.0. The topological polar surface area (TPSA) is 80.1 Å². The van der Waals surface area contributed by atoms with Crippen LogP contribution in [0.2, 0.25) is 0 Å². The van der Waals surface area contributed by atoms with E-state index in [1.54, 1.807) is 16.0 Å². The van der Waals surface area contributed by atoms with Crippen molar-refractivity contribution >= 4 is 23.3 Å². The van der Waals surface area contributed by atoms with E-state index in [0.29, 0.717) is 60.0 Å². The van der Waals surface area contributed by atoms with E-state index in [0.717, 1.165) is 34.7 Å². The quantitative estimate of drug-likeness (QED) is 0.236. The van der Waals surface area contributed by atoms with Crippen LogP contribution in [0, 0.1) is 0 Å². The highest BCUT2D eigenvalue weighted by Crippen LogP contribution is 2.33. The number of piperazine rings is 1. The number of hydrogen-bond donors (Lipinski definition) is 1. The predicted octanol–water partition coefficient (Wildman–Crippen LogP) is 7.02. The van der Waals surface area contributed by atoms with Gasteiger partial charge in [0.05, 0.1) is 28.2 Å². The Bertz CT molecular complexity index is 1780. The number of nitrogens with zero attached hydrogens (tertiary/aromatic N) is 4. The maximum Gasteiger partial charge on any atom is 0.433 e. The van der Waals surface area contributed by atoms with Crippen LogP contribution in [0.3, 0.4) is 0 Å². The summed E-state index contributed by atoms with van der Waals surface area (Å²) in [6.07, 6.45) is -0.189. The predicted molar refractivity (Wildman–Crippen MR) is 173 cm³/mol. The van der Waals surface area contributed by atoms with Gasteiger partial charge < -0.3 is 10.2 Å². The molecule has 0 saturated carbocycles. The number of thiazole rings is 1. The number of para-hydroxylation sites is 1. The zero-order valence-corrected chi connectivity index (χ0v) is 26.8. The second kappa shape index (κ2) is 13.1. The zero-order chi connectivity index (χ0) is 32.5. The standard InChI is InChI=1S/C34H36F3N5O2S/c1-6-22-9-8-10-23(7-2)30(22)42-28(15-20(3)4)25(32(43)41-14-13-38-21(5)18-41)16-26(33(42)44)31-40-27(19-45-31)24-11-12-29(39-17-24)34(35,36)37/h8-12,15-17,19,21,38H,6-7,13-14,18H2,1-5H3/t21-/m1/s1. The van der Waals surface area contributed by atoms with Crippen molar-refractivity contribution in [3.63, 3.8) is 0 Å². The molecular formula is C34H36F3N5O2S. The molecule has 236 valence electrons. The maximum absolute atomic E-state index is 14.6. The Kier molecular flexibility index (Phi) is 9.41. The van der Waals surface area contributed by atoms with Gasteiger partial charge in [-0.2, -0.15) is 13.2 Å². The number of carbonyl (C=O) groups excluding carboxylic acids is 1. The summed E-state index contributed by atoms with van der Waals surface area (Å²) in [5, 5.41) is 5.42. The number of hydrogen-bond acceptors (Lipinski definition) is 6. The van der Waals surface area contributed by atoms with Crippen molar-refractivity contribution in [3.05, 3.63) is 92.0 Å². The molecule has 11 heteroatoms. The van der Waals surface area contributed by atoms with Gasteiger partial charge in [0.2, 0.25) is 0 Å². The molecule has 4 heterocycles. The third-order valence-electron chi connectivity index (χ3n) is 7.82. The van der Waals surface area contributed by atoms with E-state index >= 15 is 0 Å². The van der Waals surface area contributed by atoms with Crippen LogP contribution in [0.4, 0.5) is 13.2 Å². The van der Waals surface area contributed by atoms with Gasteiger partial charge in [-0.15, -0.1) is 11.3 Å². The molecule has 0 aliphatic carbocycles. The van der Waals surface area contributed by atoms with Crippen molar-refractivity contribution in [2.75, 3.05) is 19.6 Å². The maximum atomic E-state index is 14.6. The minimum Gasteiger partial charge on any atom is -0.336 e. The van der Waals surface area contributed by atoms with Crippen molar-refractivity contribution in [1.29, 1.82) is 0 Å². The number of rotatable bonds is 7. The summed E-state index contributed by atoms with van der Waals surface area (Å²) >= 11 is 1.20. The minimum atomic E-state index is -4.55. The van der Waals surface area contributed by atoms with Crippen LogP contribution in [-0.2, 0) is 19.0 Å². The molecule has 4 aromatic rings. The van der Waals surface area contributed by atoms with Crippen LogP contribution in [0.5, 0.6) is 0 Å². The number of nitrogens with one attached hydrogen (secondary N) is 1. The number of alkyl halides is 3. The molecule has 0 unspecified atom stereocenters. The minimum absolute atomic E-state index is 0.117. The van der Waals surface area contributed by atoms with Crippen molar-refractivity contribution < 1.29 is 18.0 Å². The highest BCUT2D eigenvalue weighted by Gasteiger charge is 2.32. The number of benzene rings is 1. The van der Waals surface area contributed by atoms with E-state index in [2.05, 4.69) is 15.3 Å². The summed E-state index contributed by atoms with van der Waals surface area (Å²) in [5.74, 6) is -0.179. The summed E-state index contributed by atoms with van der Waals surface area (Å²) < 4.78 is 41.0. The lowest BCUT2D eigenvalue weighted by Gasteiger charge is -2.32. The molecule has 7 nitrogen and oxygen atoms in total. The van der Waals surface area contributed by atoms with E-state index in [4.69, 9.17) is 0 Å². The molecule has 3 aromatic heterocycles. The molecule has 5 rings (SSSR count). The molecule has 1 fully saturated rings. The van der Waals surface area contributed by atoms with Gasteiger partial charge in [-0.25, -0.2) is 4.98 Å². The Hall–Kier alpha value is -4.09. The van der Waals surface area contributed by atoms with Gasteiger partial charge in [0.25, 0.3) is 11.5 Å². The third kappa shape index (κ3) is 6.64. The molecule has 0 radical (unpaired) electrons. The summed E-state index contributed by atoms with van der Waals surface area (Å²) in [6.45, 7) is 11.7. The molecule has 1 amide bonds. The average Bonchev–Trinajstić information content (AvgIpc) is 3.50. The second-order valence-electron chi connectivity index (χ2n) is 11.4. The summed E-state index contributed by atoms with van der Waals surface area (Å²) in [6, 6.07) is 9.96. The van der Waals surface area contributed by atoms with Gasteiger partial charge >= 0.3 is 6.18 Å². The molecule has 0 spiro atoms. The van der Waals surface area contributed by atoms with Crippen molar-refractivity contribution in [1.82, 2.24) is 24.8 Å². The van der Waals surface area contributed by atoms with Gasteiger partial charge in [0, 0.05) is 42.8 Å². The molecule has 45 heavy (non-hydrogen) atoms. The summed E-state index contributed by atoms with van der Waals surface area (Å²) in [5.41, 5.74) is 4.25. The molecule has 1 aromatic carbocycles. The average molecular weight is 636 g/mol. The van der Waals surface area contributed by atoms with E-state index in [-0.39, 0.29) is 23.1 Å². The molecule has 0 bridgehead atoms. The number of carbonyl (C=O) groups is 1. The number of pyridine rings is 2. The fraction of sp³-hybridized carbons (Fsp3) is 0.353. The number of aromatic nitrogens is 3. The van der Waals surface area contributed by atoms with E-state index < -0.39 is 11.9 Å². The molecule has 1 N–H and O–H groups in total. The summed E-state index contributed by atoms with van der Waals surface area (Å²) in [7, 11) is 0. The van der Waals surface area contributed by atoms with Crippen LogP contribution in [0.25, 0.3) is 33.6 Å². The number of amides is 1. The van der Waals surface area contributed by atoms with Crippen molar-refractivity contribution in [3.8, 4) is 27.5 Å². The highest BCUT2D eigenvalue weighted by atomic mass is 32.1. The first-order valence-corrected chi connectivity index (χ1v) is 15.9. The van der Waals surface area contributed by atoms with Crippen LogP contribution >= 0.6 is 11.3 Å². The van der Waals surface area contributed by atoms with Gasteiger partial charge in [-0.05, 0) is 69.0 Å². The van der Waals surface area contributed by atoms with Crippen molar-refractivity contribution in [2.24, 2.45) is 0 Å². The van der Waals surface area contributed by atoms with Crippen LogP contribution in [-0.4, -0.2) is 51.0 Å². The number of aryl methyl sites for hydroxylation is 2. The van der Waals surface area contributed by atoms with E-state index in [1.807, 2.05) is 63.8 Å². The molecule has 1 atom stereocenters. The Morgan fingerprint density at radius 3 is 2.42 bits per heavy atom. The number of halogens is 3. The van der Waals surface area contributed by atoms with Crippen molar-refractivity contribution in [2.45, 2.75) is 59.7 Å². The van der Waals surface area contributed by atoms with Crippen LogP contribution in [0.1, 0.15) is 67.5 Å². The van der Waals surface area contributed by atoms with E-state index in [1.165, 1.54) is 17.4 Å². The lowest BCUT2D eigenvalue weighted by atomic mass is 9.99. The third-order valence-corrected chi connectivity index (χ3v) is 8.70. The number of allylic oxidation sites excluding steroid dienone is 1. The van der Waals surface area contributed by atoms with Gasteiger partial charge in [-0.1, -0.05) is 37.6 Å². The molecular weight excluding hydrogens is 599 g/mol. The zero-order valence-electron chi connectivity index (χ0n) is 26.0. The Morgan fingerprint density at radius 1 is 1.13 bits per heavy atom. The second-order valence-corrected chi connectivity index (χ2v) is 12.3. The summed E-state index contributed by atoms with van der Waals surface area (Å²) in [4.78, 5) is 39.0. The highest BCUT2D eigenvalue weighted by molar-refractivity contribution is 7.13. The van der Waals surface area contributed by atoms with Crippen LogP contribution in [0.15, 0.2) is 58.3 Å². The van der Waals surface area contributed by atoms with Gasteiger partial charge in [0.15, 0.2) is 0 Å². The molecule has 1 saturated heterocycles. The molecule has 1 aliphatic rings.